The first-order valence-corrected chi connectivity index (χ1v) is 7.59. The molecule has 1 atom stereocenters. The maximum absolute atomic E-state index is 13.6. The highest BCUT2D eigenvalue weighted by atomic mass is 35.5. The predicted molar refractivity (Wildman–Crippen MR) is 80.2 cm³/mol. The van der Waals surface area contributed by atoms with E-state index in [1.54, 1.807) is 11.0 Å². The number of aromatic nitrogens is 3. The van der Waals surface area contributed by atoms with E-state index in [1.807, 2.05) is 6.92 Å². The van der Waals surface area contributed by atoms with Gasteiger partial charge in [-0.15, -0.1) is 0 Å². The molecule has 3 rings (SSSR count). The molecule has 0 spiro atoms. The van der Waals surface area contributed by atoms with Crippen LogP contribution >= 0.6 is 11.6 Å². The number of rotatable bonds is 2. The van der Waals surface area contributed by atoms with Crippen molar-refractivity contribution in [3.63, 3.8) is 0 Å². The van der Waals surface area contributed by atoms with Crippen molar-refractivity contribution < 1.29 is 9.18 Å². The summed E-state index contributed by atoms with van der Waals surface area (Å²) in [5, 5.41) is 6.83. The molecule has 116 valence electrons. The van der Waals surface area contributed by atoms with E-state index in [1.165, 1.54) is 12.1 Å². The standard InChI is InChI=1S/C15H16ClFN4O/c1-9-18-14(20-19-9)12-7-2-3-8-21(12)15(22)10-5-4-6-11(17)13(10)16/h4-6,12H,2-3,7-8H2,1H3,(H,18,19,20)/t12-/m0/s1. The zero-order chi connectivity index (χ0) is 15.7. The molecule has 1 fully saturated rings. The summed E-state index contributed by atoms with van der Waals surface area (Å²) >= 11 is 5.95. The van der Waals surface area contributed by atoms with Gasteiger partial charge >= 0.3 is 0 Å². The van der Waals surface area contributed by atoms with Crippen LogP contribution in [0.4, 0.5) is 4.39 Å². The fourth-order valence-electron chi connectivity index (χ4n) is 2.78. The van der Waals surface area contributed by atoms with Crippen molar-refractivity contribution >= 4 is 17.5 Å². The summed E-state index contributed by atoms with van der Waals surface area (Å²) in [7, 11) is 0. The maximum Gasteiger partial charge on any atom is 0.256 e. The van der Waals surface area contributed by atoms with Gasteiger partial charge in [0, 0.05) is 6.54 Å². The molecule has 1 aromatic carbocycles. The lowest BCUT2D eigenvalue weighted by Gasteiger charge is -2.34. The third-order valence-electron chi connectivity index (χ3n) is 3.86. The summed E-state index contributed by atoms with van der Waals surface area (Å²) in [6, 6.07) is 4.07. The normalized spacial score (nSPS) is 18.5. The molecule has 0 unspecified atom stereocenters. The van der Waals surface area contributed by atoms with Crippen LogP contribution in [0.3, 0.4) is 0 Å². The van der Waals surface area contributed by atoms with Crippen LogP contribution in [0.25, 0.3) is 0 Å². The average Bonchev–Trinajstić information content (AvgIpc) is 2.96. The molecular formula is C15H16ClFN4O. The number of hydrogen-bond acceptors (Lipinski definition) is 3. The number of H-pyrrole nitrogens is 1. The fourth-order valence-corrected chi connectivity index (χ4v) is 2.98. The molecule has 1 saturated heterocycles. The second-order valence-electron chi connectivity index (χ2n) is 5.39. The number of carbonyl (C=O) groups is 1. The summed E-state index contributed by atoms with van der Waals surface area (Å²) in [5.74, 6) is 0.432. The first-order valence-electron chi connectivity index (χ1n) is 7.22. The summed E-state index contributed by atoms with van der Waals surface area (Å²) in [4.78, 5) is 18.8. The van der Waals surface area contributed by atoms with Gasteiger partial charge < -0.3 is 4.90 Å². The van der Waals surface area contributed by atoms with Gasteiger partial charge in [-0.2, -0.15) is 5.10 Å². The van der Waals surface area contributed by atoms with E-state index in [4.69, 9.17) is 11.6 Å². The smallest absolute Gasteiger partial charge is 0.256 e. The van der Waals surface area contributed by atoms with Crippen LogP contribution in [-0.4, -0.2) is 32.5 Å². The number of aryl methyl sites for hydroxylation is 1. The Balaban J connectivity index is 1.93. The third-order valence-corrected chi connectivity index (χ3v) is 4.24. The minimum absolute atomic E-state index is 0.136. The highest BCUT2D eigenvalue weighted by Gasteiger charge is 2.32. The summed E-state index contributed by atoms with van der Waals surface area (Å²) in [5.41, 5.74) is 0.181. The van der Waals surface area contributed by atoms with Crippen LogP contribution in [-0.2, 0) is 0 Å². The molecule has 22 heavy (non-hydrogen) atoms. The Hall–Kier alpha value is -1.95. The molecule has 1 aliphatic rings. The van der Waals surface area contributed by atoms with Crippen molar-refractivity contribution in [2.24, 2.45) is 0 Å². The molecule has 7 heteroatoms. The number of aromatic amines is 1. The molecule has 2 aromatic rings. The first kappa shape index (κ1) is 15.0. The van der Waals surface area contributed by atoms with E-state index in [2.05, 4.69) is 15.2 Å². The molecule has 1 aliphatic heterocycles. The minimum atomic E-state index is -0.588. The van der Waals surface area contributed by atoms with Crippen molar-refractivity contribution in [2.75, 3.05) is 6.54 Å². The van der Waals surface area contributed by atoms with Gasteiger partial charge in [0.25, 0.3) is 5.91 Å². The molecule has 0 saturated carbocycles. The van der Waals surface area contributed by atoms with E-state index < -0.39 is 5.82 Å². The van der Waals surface area contributed by atoms with Gasteiger partial charge in [0.2, 0.25) is 0 Å². The largest absolute Gasteiger partial charge is 0.328 e. The van der Waals surface area contributed by atoms with E-state index >= 15 is 0 Å². The van der Waals surface area contributed by atoms with Crippen molar-refractivity contribution in [3.05, 3.63) is 46.3 Å². The van der Waals surface area contributed by atoms with Crippen molar-refractivity contribution in [2.45, 2.75) is 32.2 Å². The molecule has 5 nitrogen and oxygen atoms in total. The number of hydrogen-bond donors (Lipinski definition) is 1. The second kappa shape index (κ2) is 6.04. The topological polar surface area (TPSA) is 61.9 Å². The van der Waals surface area contributed by atoms with Gasteiger partial charge in [-0.25, -0.2) is 9.37 Å². The van der Waals surface area contributed by atoms with Gasteiger partial charge in [-0.1, -0.05) is 17.7 Å². The number of benzene rings is 1. The average molecular weight is 323 g/mol. The molecular weight excluding hydrogens is 307 g/mol. The van der Waals surface area contributed by atoms with Crippen molar-refractivity contribution in [3.8, 4) is 0 Å². The first-order chi connectivity index (χ1) is 10.6. The molecule has 0 aliphatic carbocycles. The maximum atomic E-state index is 13.6. The number of halogens is 2. The van der Waals surface area contributed by atoms with E-state index in [0.29, 0.717) is 18.2 Å². The van der Waals surface area contributed by atoms with Crippen LogP contribution in [0.15, 0.2) is 18.2 Å². The Labute approximate surface area is 132 Å². The zero-order valence-electron chi connectivity index (χ0n) is 12.1. The highest BCUT2D eigenvalue weighted by Crippen LogP contribution is 2.32. The number of nitrogens with zero attached hydrogens (tertiary/aromatic N) is 3. The lowest BCUT2D eigenvalue weighted by atomic mass is 10.00. The minimum Gasteiger partial charge on any atom is -0.328 e. The highest BCUT2D eigenvalue weighted by molar-refractivity contribution is 6.34. The third kappa shape index (κ3) is 2.70. The number of nitrogens with one attached hydrogen (secondary N) is 1. The van der Waals surface area contributed by atoms with Crippen LogP contribution in [0.5, 0.6) is 0 Å². The summed E-state index contributed by atoms with van der Waals surface area (Å²) in [6.45, 7) is 2.40. The fraction of sp³-hybridized carbons (Fsp3) is 0.400. The SMILES string of the molecule is Cc1nc([C@@H]2CCCCN2C(=O)c2cccc(F)c2Cl)n[nH]1. The molecule has 1 N–H and O–H groups in total. The number of piperidine rings is 1. The van der Waals surface area contributed by atoms with Crippen LogP contribution in [0.2, 0.25) is 5.02 Å². The van der Waals surface area contributed by atoms with E-state index in [9.17, 15) is 9.18 Å². The molecule has 1 amide bonds. The van der Waals surface area contributed by atoms with E-state index in [-0.39, 0.29) is 22.5 Å². The Morgan fingerprint density at radius 1 is 1.45 bits per heavy atom. The van der Waals surface area contributed by atoms with Crippen molar-refractivity contribution in [1.29, 1.82) is 0 Å². The van der Waals surface area contributed by atoms with Crippen LogP contribution in [0.1, 0.15) is 47.3 Å². The predicted octanol–water partition coefficient (Wildman–Crippen LogP) is 3.27. The molecule has 2 heterocycles. The lowest BCUT2D eigenvalue weighted by molar-refractivity contribution is 0.0600. The van der Waals surface area contributed by atoms with E-state index in [0.717, 1.165) is 19.3 Å². The Morgan fingerprint density at radius 3 is 3.00 bits per heavy atom. The van der Waals surface area contributed by atoms with Gasteiger partial charge in [0.05, 0.1) is 16.6 Å². The number of amides is 1. The molecule has 0 bridgehead atoms. The Kier molecular flexibility index (Phi) is 4.11. The van der Waals surface area contributed by atoms with Gasteiger partial charge in [0.15, 0.2) is 5.82 Å². The Bertz CT molecular complexity index is 703. The van der Waals surface area contributed by atoms with Gasteiger partial charge in [-0.3, -0.25) is 9.89 Å². The number of carbonyl (C=O) groups excluding carboxylic acids is 1. The van der Waals surface area contributed by atoms with Crippen molar-refractivity contribution in [1.82, 2.24) is 20.1 Å². The van der Waals surface area contributed by atoms with Crippen LogP contribution < -0.4 is 0 Å². The monoisotopic (exact) mass is 322 g/mol. The van der Waals surface area contributed by atoms with Crippen LogP contribution in [0, 0.1) is 12.7 Å². The summed E-state index contributed by atoms with van der Waals surface area (Å²) < 4.78 is 13.6. The zero-order valence-corrected chi connectivity index (χ0v) is 12.9. The van der Waals surface area contributed by atoms with Gasteiger partial charge in [0.1, 0.15) is 11.6 Å². The van der Waals surface area contributed by atoms with Gasteiger partial charge in [-0.05, 0) is 38.3 Å². The molecule has 1 aromatic heterocycles. The number of likely N-dealkylation sites (tertiary alicyclic amines) is 1. The second-order valence-corrected chi connectivity index (χ2v) is 5.77. The Morgan fingerprint density at radius 2 is 2.27 bits per heavy atom. The lowest BCUT2D eigenvalue weighted by Crippen LogP contribution is -2.39. The quantitative estimate of drug-likeness (QED) is 0.923. The molecule has 0 radical (unpaired) electrons. The summed E-state index contributed by atoms with van der Waals surface area (Å²) in [6.07, 6.45) is 2.69.